The fraction of sp³-hybridized carbons (Fsp3) is 0.222. The third-order valence-electron chi connectivity index (χ3n) is 5.97. The summed E-state index contributed by atoms with van der Waals surface area (Å²) >= 11 is 0. The number of nitrogens with zero attached hydrogens (tertiary/aromatic N) is 1. The molecule has 1 N–H and O–H groups in total. The zero-order chi connectivity index (χ0) is 22.8. The number of benzene rings is 3. The van der Waals surface area contributed by atoms with Crippen LogP contribution in [-0.4, -0.2) is 25.3 Å². The molecular weight excluding hydrogens is 418 g/mol. The quantitative estimate of drug-likeness (QED) is 0.433. The first-order chi connectivity index (χ1) is 16.1. The molecule has 3 aromatic carbocycles. The molecule has 4 aromatic rings. The van der Waals surface area contributed by atoms with Gasteiger partial charge in [0.2, 0.25) is 5.75 Å². The molecule has 5 rings (SSSR count). The molecule has 0 spiro atoms. The van der Waals surface area contributed by atoms with Crippen molar-refractivity contribution in [1.29, 1.82) is 0 Å². The maximum atomic E-state index is 12.9. The standard InChI is InChI=1S/C27H25NO5/c1-31-26-24(32-17-18-7-3-2-4-8-18)16-22(30)25-21(29)15-23(33-27(25)26)19-9-11-20(12-10-19)28-13-5-6-14-28/h2-4,7-12,15-16,30H,5-6,13-14,17H2,1H3. The molecule has 6 heteroatoms. The number of ether oxygens (including phenoxy) is 2. The molecule has 0 unspecified atom stereocenters. The second kappa shape index (κ2) is 8.90. The molecule has 0 amide bonds. The monoisotopic (exact) mass is 443 g/mol. The Morgan fingerprint density at radius 2 is 1.73 bits per heavy atom. The first-order valence-electron chi connectivity index (χ1n) is 11.0. The van der Waals surface area contributed by atoms with Crippen LogP contribution in [0.25, 0.3) is 22.3 Å². The van der Waals surface area contributed by atoms with Gasteiger partial charge in [-0.1, -0.05) is 30.3 Å². The van der Waals surface area contributed by atoms with Crippen LogP contribution in [0.2, 0.25) is 0 Å². The second-order valence-electron chi connectivity index (χ2n) is 8.12. The fourth-order valence-corrected chi connectivity index (χ4v) is 4.26. The normalized spacial score (nSPS) is 13.4. The van der Waals surface area contributed by atoms with Gasteiger partial charge in [0.05, 0.1) is 7.11 Å². The molecule has 1 aliphatic heterocycles. The molecule has 0 bridgehead atoms. The van der Waals surface area contributed by atoms with E-state index in [4.69, 9.17) is 13.9 Å². The lowest BCUT2D eigenvalue weighted by atomic mass is 10.1. The zero-order valence-electron chi connectivity index (χ0n) is 18.4. The topological polar surface area (TPSA) is 72.1 Å². The highest BCUT2D eigenvalue weighted by atomic mass is 16.5. The van der Waals surface area contributed by atoms with Crippen molar-refractivity contribution in [3.05, 3.63) is 82.5 Å². The Hall–Kier alpha value is -3.93. The fourth-order valence-electron chi connectivity index (χ4n) is 4.26. The van der Waals surface area contributed by atoms with Crippen molar-refractivity contribution in [2.75, 3.05) is 25.1 Å². The van der Waals surface area contributed by atoms with Crippen LogP contribution in [0.15, 0.2) is 75.9 Å². The Morgan fingerprint density at radius 1 is 1.00 bits per heavy atom. The number of phenolic OH excluding ortho intramolecular Hbond substituents is 1. The molecule has 0 aliphatic carbocycles. The second-order valence-corrected chi connectivity index (χ2v) is 8.12. The van der Waals surface area contributed by atoms with Crippen molar-refractivity contribution in [2.24, 2.45) is 0 Å². The summed E-state index contributed by atoms with van der Waals surface area (Å²) in [6.45, 7) is 2.41. The largest absolute Gasteiger partial charge is 0.507 e. The number of aromatic hydroxyl groups is 1. The minimum atomic E-state index is -0.347. The molecule has 168 valence electrons. The van der Waals surface area contributed by atoms with Crippen LogP contribution in [0.5, 0.6) is 17.2 Å². The van der Waals surface area contributed by atoms with Crippen LogP contribution in [0.4, 0.5) is 5.69 Å². The third kappa shape index (κ3) is 4.12. The summed E-state index contributed by atoms with van der Waals surface area (Å²) in [7, 11) is 1.48. The van der Waals surface area contributed by atoms with Gasteiger partial charge < -0.3 is 23.9 Å². The lowest BCUT2D eigenvalue weighted by Crippen LogP contribution is -2.17. The Morgan fingerprint density at radius 3 is 2.42 bits per heavy atom. The highest BCUT2D eigenvalue weighted by molar-refractivity contribution is 5.91. The van der Waals surface area contributed by atoms with Crippen molar-refractivity contribution < 1.29 is 19.0 Å². The van der Waals surface area contributed by atoms with Gasteiger partial charge in [0.1, 0.15) is 23.5 Å². The maximum Gasteiger partial charge on any atom is 0.205 e. The van der Waals surface area contributed by atoms with E-state index in [1.54, 1.807) is 0 Å². The SMILES string of the molecule is COc1c(OCc2ccccc2)cc(O)c2c(=O)cc(-c3ccc(N4CCCC4)cc3)oc12. The molecule has 33 heavy (non-hydrogen) atoms. The van der Waals surface area contributed by atoms with Crippen LogP contribution >= 0.6 is 0 Å². The highest BCUT2D eigenvalue weighted by Crippen LogP contribution is 2.41. The molecule has 0 saturated carbocycles. The van der Waals surface area contributed by atoms with Crippen molar-refractivity contribution in [3.63, 3.8) is 0 Å². The molecule has 1 fully saturated rings. The summed E-state index contributed by atoms with van der Waals surface area (Å²) in [5, 5.41) is 10.6. The summed E-state index contributed by atoms with van der Waals surface area (Å²) in [4.78, 5) is 15.2. The van der Waals surface area contributed by atoms with Crippen LogP contribution in [-0.2, 0) is 6.61 Å². The first-order valence-corrected chi connectivity index (χ1v) is 11.0. The van der Waals surface area contributed by atoms with E-state index in [9.17, 15) is 9.90 Å². The average molecular weight is 443 g/mol. The smallest absolute Gasteiger partial charge is 0.205 e. The number of hydrogen-bond acceptors (Lipinski definition) is 6. The summed E-state index contributed by atoms with van der Waals surface area (Å²) in [6.07, 6.45) is 2.42. The molecule has 2 heterocycles. The van der Waals surface area contributed by atoms with Gasteiger partial charge >= 0.3 is 0 Å². The van der Waals surface area contributed by atoms with E-state index in [0.29, 0.717) is 11.5 Å². The predicted molar refractivity (Wildman–Crippen MR) is 128 cm³/mol. The van der Waals surface area contributed by atoms with Crippen LogP contribution < -0.4 is 19.8 Å². The molecule has 0 atom stereocenters. The molecule has 1 aliphatic rings. The van der Waals surface area contributed by atoms with Gasteiger partial charge in [0.25, 0.3) is 0 Å². The van der Waals surface area contributed by atoms with Gasteiger partial charge in [-0.2, -0.15) is 0 Å². The Balaban J connectivity index is 1.54. The van der Waals surface area contributed by atoms with Crippen LogP contribution in [0.1, 0.15) is 18.4 Å². The van der Waals surface area contributed by atoms with E-state index in [1.807, 2.05) is 54.6 Å². The Bertz CT molecular complexity index is 1320. The Labute approximate surface area is 191 Å². The lowest BCUT2D eigenvalue weighted by molar-refractivity contribution is 0.282. The van der Waals surface area contributed by atoms with Crippen molar-refractivity contribution >= 4 is 16.7 Å². The van der Waals surface area contributed by atoms with Gasteiger partial charge in [-0.05, 0) is 42.7 Å². The van der Waals surface area contributed by atoms with Gasteiger partial charge in [-0.15, -0.1) is 0 Å². The lowest BCUT2D eigenvalue weighted by Gasteiger charge is -2.17. The van der Waals surface area contributed by atoms with E-state index >= 15 is 0 Å². The number of hydrogen-bond donors (Lipinski definition) is 1. The zero-order valence-corrected chi connectivity index (χ0v) is 18.4. The van der Waals surface area contributed by atoms with E-state index < -0.39 is 0 Å². The van der Waals surface area contributed by atoms with Gasteiger partial charge in [0.15, 0.2) is 16.8 Å². The Kier molecular flexibility index (Phi) is 5.65. The number of methoxy groups -OCH3 is 1. The molecule has 1 aromatic heterocycles. The van der Waals surface area contributed by atoms with Gasteiger partial charge in [0, 0.05) is 36.5 Å². The number of fused-ring (bicyclic) bond motifs is 1. The van der Waals surface area contributed by atoms with Crippen LogP contribution in [0, 0.1) is 0 Å². The van der Waals surface area contributed by atoms with E-state index in [1.165, 1.54) is 32.1 Å². The van der Waals surface area contributed by atoms with Crippen molar-refractivity contribution in [3.8, 4) is 28.6 Å². The van der Waals surface area contributed by atoms with Gasteiger partial charge in [-0.3, -0.25) is 4.79 Å². The predicted octanol–water partition coefficient (Wildman–Crippen LogP) is 5.35. The molecule has 6 nitrogen and oxygen atoms in total. The van der Waals surface area contributed by atoms with E-state index in [0.717, 1.165) is 29.9 Å². The maximum absolute atomic E-state index is 12.9. The average Bonchev–Trinajstić information content (AvgIpc) is 3.38. The third-order valence-corrected chi connectivity index (χ3v) is 5.97. The van der Waals surface area contributed by atoms with Crippen LogP contribution in [0.3, 0.4) is 0 Å². The minimum Gasteiger partial charge on any atom is -0.507 e. The van der Waals surface area contributed by atoms with Gasteiger partial charge in [-0.25, -0.2) is 0 Å². The number of rotatable bonds is 6. The highest BCUT2D eigenvalue weighted by Gasteiger charge is 2.21. The summed E-state index contributed by atoms with van der Waals surface area (Å²) in [5.41, 5.74) is 2.71. The first kappa shape index (κ1) is 20.9. The van der Waals surface area contributed by atoms with Crippen molar-refractivity contribution in [1.82, 2.24) is 0 Å². The van der Waals surface area contributed by atoms with Crippen molar-refractivity contribution in [2.45, 2.75) is 19.4 Å². The summed E-state index contributed by atoms with van der Waals surface area (Å²) in [5.74, 6) is 0.763. The number of anilines is 1. The summed E-state index contributed by atoms with van der Waals surface area (Å²) < 4.78 is 17.6. The molecular formula is C27H25NO5. The molecule has 1 saturated heterocycles. The minimum absolute atomic E-state index is 0.0661. The number of phenols is 1. The van der Waals surface area contributed by atoms with E-state index in [-0.39, 0.29) is 34.5 Å². The van der Waals surface area contributed by atoms with E-state index in [2.05, 4.69) is 4.90 Å². The molecule has 0 radical (unpaired) electrons. The summed E-state index contributed by atoms with van der Waals surface area (Å²) in [6, 6.07) is 20.4.